The zero-order valence-corrected chi connectivity index (χ0v) is 5.40. The van der Waals surface area contributed by atoms with Crippen LogP contribution in [0.25, 0.3) is 0 Å². The molecule has 0 aromatic heterocycles. The molecule has 11 heavy (non-hydrogen) atoms. The zero-order chi connectivity index (χ0) is 8.91. The van der Waals surface area contributed by atoms with Gasteiger partial charge in [-0.3, -0.25) is 4.79 Å². The highest BCUT2D eigenvalue weighted by Gasteiger charge is 2.32. The van der Waals surface area contributed by atoms with E-state index in [1.807, 2.05) is 0 Å². The van der Waals surface area contributed by atoms with Gasteiger partial charge in [-0.25, -0.2) is 5.53 Å². The third kappa shape index (κ3) is 2.03. The summed E-state index contributed by atoms with van der Waals surface area (Å²) in [5.41, 5.74) is 4.37. The molecule has 0 heterocycles. The highest BCUT2D eigenvalue weighted by Crippen LogP contribution is 2.12. The lowest BCUT2D eigenvalue weighted by Gasteiger charge is -2.05. The molecule has 0 bridgehead atoms. The molecule has 56 valence electrons. The van der Waals surface area contributed by atoms with Gasteiger partial charge in [0.15, 0.2) is 0 Å². The van der Waals surface area contributed by atoms with Crippen molar-refractivity contribution in [3.8, 4) is 12.1 Å². The van der Waals surface area contributed by atoms with Gasteiger partial charge in [0, 0.05) is 0 Å². The zero-order valence-electron chi connectivity index (χ0n) is 5.40. The van der Waals surface area contributed by atoms with Crippen molar-refractivity contribution >= 4 is 5.97 Å². The van der Waals surface area contributed by atoms with Crippen LogP contribution >= 0.6 is 0 Å². The van der Waals surface area contributed by atoms with Crippen molar-refractivity contribution in [3.05, 3.63) is 0 Å². The molecule has 6 heteroatoms. The first-order valence-electron chi connectivity index (χ1n) is 2.53. The van der Waals surface area contributed by atoms with Gasteiger partial charge in [-0.05, 0) is 0 Å². The van der Waals surface area contributed by atoms with Crippen molar-refractivity contribution in [2.45, 2.75) is 12.0 Å². The van der Waals surface area contributed by atoms with Gasteiger partial charge in [-0.2, -0.15) is 15.6 Å². The Bertz CT molecular complexity index is 245. The van der Waals surface area contributed by atoms with Crippen molar-refractivity contribution in [2.24, 2.45) is 5.11 Å². The number of carboxylic acids is 1. The van der Waals surface area contributed by atoms with Crippen LogP contribution in [-0.2, 0) is 4.79 Å². The van der Waals surface area contributed by atoms with Crippen molar-refractivity contribution in [1.82, 2.24) is 0 Å². The smallest absolute Gasteiger partial charge is 0.308 e. The van der Waals surface area contributed by atoms with Crippen LogP contribution in [0.1, 0.15) is 6.42 Å². The van der Waals surface area contributed by atoms with E-state index in [-0.39, 0.29) is 0 Å². The number of carbonyl (C=O) groups is 1. The molecule has 0 saturated carbocycles. The number of hydrogen-bond donors (Lipinski definition) is 2. The van der Waals surface area contributed by atoms with E-state index in [1.54, 1.807) is 0 Å². The van der Waals surface area contributed by atoms with Crippen molar-refractivity contribution in [3.63, 3.8) is 0 Å². The number of rotatable bonds is 3. The van der Waals surface area contributed by atoms with Crippen molar-refractivity contribution < 1.29 is 9.90 Å². The number of nitrogens with one attached hydrogen (secondary N) is 1. The molecule has 2 N–H and O–H groups in total. The van der Waals surface area contributed by atoms with Gasteiger partial charge >= 0.3 is 5.97 Å². The quantitative estimate of drug-likeness (QED) is 0.563. The Hall–Kier alpha value is -1.95. The van der Waals surface area contributed by atoms with E-state index in [0.717, 1.165) is 0 Å². The lowest BCUT2D eigenvalue weighted by molar-refractivity contribution is -0.137. The standard InChI is InChI=1S/C5H4N4O2/c6-2-5(3-7,9-8)1-4(10)11/h8H,1H2,(H,10,11). The molecule has 0 aromatic rings. The second kappa shape index (κ2) is 3.28. The highest BCUT2D eigenvalue weighted by molar-refractivity contribution is 5.70. The van der Waals surface area contributed by atoms with E-state index in [1.165, 1.54) is 12.1 Å². The largest absolute Gasteiger partial charge is 0.481 e. The van der Waals surface area contributed by atoms with Gasteiger partial charge in [0.1, 0.15) is 12.1 Å². The van der Waals surface area contributed by atoms with E-state index in [2.05, 4.69) is 5.11 Å². The molecule has 0 spiro atoms. The third-order valence-electron chi connectivity index (χ3n) is 0.968. The third-order valence-corrected chi connectivity index (χ3v) is 0.968. The Labute approximate surface area is 62.2 Å². The van der Waals surface area contributed by atoms with Gasteiger partial charge in [0.2, 0.25) is 0 Å². The molecule has 0 rings (SSSR count). The maximum atomic E-state index is 10.0. The molecule has 0 atom stereocenters. The lowest BCUT2D eigenvalue weighted by Crippen LogP contribution is -2.24. The molecule has 0 amide bonds. The van der Waals surface area contributed by atoms with Crippen LogP contribution in [0, 0.1) is 28.2 Å². The fraction of sp³-hybridized carbons (Fsp3) is 0.400. The molecule has 0 radical (unpaired) electrons. The molecule has 0 aliphatic rings. The first kappa shape index (κ1) is 9.05. The summed E-state index contributed by atoms with van der Waals surface area (Å²) < 4.78 is 0. The van der Waals surface area contributed by atoms with Crippen molar-refractivity contribution in [1.29, 1.82) is 16.1 Å². The Kier molecular flexibility index (Phi) is 2.70. The van der Waals surface area contributed by atoms with E-state index >= 15 is 0 Å². The van der Waals surface area contributed by atoms with Gasteiger partial charge in [0.25, 0.3) is 5.54 Å². The first-order chi connectivity index (χ1) is 5.10. The fourth-order valence-electron chi connectivity index (χ4n) is 0.412. The summed E-state index contributed by atoms with van der Waals surface area (Å²) in [6.45, 7) is 0. The van der Waals surface area contributed by atoms with E-state index in [0.29, 0.717) is 0 Å². The van der Waals surface area contributed by atoms with Crippen molar-refractivity contribution in [2.75, 3.05) is 0 Å². The average molecular weight is 152 g/mol. The van der Waals surface area contributed by atoms with Gasteiger partial charge in [-0.15, -0.1) is 0 Å². The summed E-state index contributed by atoms with van der Waals surface area (Å²) in [7, 11) is 0. The minimum absolute atomic E-state index is 0.760. The van der Waals surface area contributed by atoms with E-state index < -0.39 is 17.9 Å². The number of nitriles is 2. The Morgan fingerprint density at radius 2 is 2.09 bits per heavy atom. The first-order valence-corrected chi connectivity index (χ1v) is 2.53. The van der Waals surface area contributed by atoms with Crippen LogP contribution in [0.2, 0.25) is 0 Å². The Morgan fingerprint density at radius 3 is 2.18 bits per heavy atom. The fourth-order valence-corrected chi connectivity index (χ4v) is 0.412. The summed E-state index contributed by atoms with van der Waals surface area (Å²) in [5.74, 6) is -1.33. The highest BCUT2D eigenvalue weighted by atomic mass is 16.4. The van der Waals surface area contributed by atoms with Crippen LogP contribution in [0.3, 0.4) is 0 Å². The SMILES string of the molecule is N#CC(C#N)(CC(=O)O)N=N. The van der Waals surface area contributed by atoms with Gasteiger partial charge in [-0.1, -0.05) is 0 Å². The van der Waals surface area contributed by atoms with Crippen LogP contribution < -0.4 is 0 Å². The summed E-state index contributed by atoms with van der Waals surface area (Å²) in [4.78, 5) is 10.0. The lowest BCUT2D eigenvalue weighted by atomic mass is 10.0. The summed E-state index contributed by atoms with van der Waals surface area (Å²) >= 11 is 0. The summed E-state index contributed by atoms with van der Waals surface area (Å²) in [6, 6.07) is 2.70. The Morgan fingerprint density at radius 1 is 1.64 bits per heavy atom. The van der Waals surface area contributed by atoms with E-state index in [4.69, 9.17) is 21.2 Å². The molecule has 6 nitrogen and oxygen atoms in total. The number of carboxylic acid groups (broad SMARTS) is 1. The van der Waals surface area contributed by atoms with E-state index in [9.17, 15) is 4.79 Å². The predicted octanol–water partition coefficient (Wildman–Crippen LogP) is 0.278. The molecule has 0 aromatic carbocycles. The van der Waals surface area contributed by atoms with Crippen LogP contribution in [0.4, 0.5) is 0 Å². The van der Waals surface area contributed by atoms with Gasteiger partial charge < -0.3 is 5.11 Å². The molecular formula is C5H4N4O2. The maximum Gasteiger partial charge on any atom is 0.308 e. The van der Waals surface area contributed by atoms with Crippen LogP contribution in [0.5, 0.6) is 0 Å². The second-order valence-electron chi connectivity index (χ2n) is 1.77. The monoisotopic (exact) mass is 152 g/mol. The molecule has 0 aliphatic carbocycles. The van der Waals surface area contributed by atoms with Crippen LogP contribution in [0.15, 0.2) is 5.11 Å². The van der Waals surface area contributed by atoms with Crippen LogP contribution in [-0.4, -0.2) is 16.6 Å². The minimum Gasteiger partial charge on any atom is -0.481 e. The molecule has 0 saturated heterocycles. The van der Waals surface area contributed by atoms with Gasteiger partial charge in [0.05, 0.1) is 6.42 Å². The summed E-state index contributed by atoms with van der Waals surface area (Å²) in [6.07, 6.45) is -0.760. The number of nitrogens with zero attached hydrogens (tertiary/aromatic N) is 3. The maximum absolute atomic E-state index is 10.0. The normalized spacial score (nSPS) is 9.27. The number of aliphatic carboxylic acids is 1. The number of hydrogen-bond acceptors (Lipinski definition) is 5. The second-order valence-corrected chi connectivity index (χ2v) is 1.77. The molecule has 0 aliphatic heterocycles. The molecule has 0 fully saturated rings. The molecular weight excluding hydrogens is 148 g/mol. The summed E-state index contributed by atoms with van der Waals surface area (Å²) in [5, 5.41) is 27.4. The molecule has 0 unspecified atom stereocenters. The predicted molar refractivity (Wildman–Crippen MR) is 31.4 cm³/mol. The Balaban J connectivity index is 4.63. The average Bonchev–Trinajstić information content (AvgIpc) is 2.00. The minimum atomic E-state index is -2.05. The topological polar surface area (TPSA) is 121 Å².